The largest absolute Gasteiger partial charge is 0.481 e. The topological polar surface area (TPSA) is 67.4 Å². The van der Waals surface area contributed by atoms with Gasteiger partial charge in [-0.25, -0.2) is 4.39 Å². The zero-order valence-electron chi connectivity index (χ0n) is 15.3. The molecule has 2 fully saturated rings. The van der Waals surface area contributed by atoms with Crippen molar-refractivity contribution in [2.24, 2.45) is 17.8 Å². The van der Waals surface area contributed by atoms with E-state index in [1.165, 1.54) is 12.1 Å². The Labute approximate surface area is 153 Å². The fraction of sp³-hybridized carbons (Fsp3) is 0.600. The number of hydrogen-bond donors (Lipinski definition) is 2. The predicted octanol–water partition coefficient (Wildman–Crippen LogP) is 2.65. The highest BCUT2D eigenvalue weighted by Gasteiger charge is 2.43. The van der Waals surface area contributed by atoms with Crippen LogP contribution in [0.4, 0.5) is 4.39 Å². The van der Waals surface area contributed by atoms with Gasteiger partial charge in [0.05, 0.1) is 0 Å². The maximum Gasteiger partial charge on any atom is 0.258 e. The first-order valence-corrected chi connectivity index (χ1v) is 9.46. The lowest BCUT2D eigenvalue weighted by Gasteiger charge is -2.46. The van der Waals surface area contributed by atoms with Crippen LogP contribution < -0.4 is 15.4 Å². The Balaban J connectivity index is 1.50. The van der Waals surface area contributed by atoms with E-state index in [2.05, 4.69) is 24.5 Å². The van der Waals surface area contributed by atoms with E-state index in [1.807, 2.05) is 0 Å². The second-order valence-electron chi connectivity index (χ2n) is 7.45. The summed E-state index contributed by atoms with van der Waals surface area (Å²) in [6.45, 7) is 4.01. The maximum atomic E-state index is 13.5. The number of carbonyl (C=O) groups is 2. The molecule has 1 heterocycles. The number of hydrogen-bond acceptors (Lipinski definition) is 3. The number of nitrogens with one attached hydrogen (secondary N) is 2. The number of benzene rings is 1. The number of rotatable bonds is 5. The normalized spacial score (nSPS) is 30.9. The molecule has 5 atom stereocenters. The lowest BCUT2D eigenvalue weighted by atomic mass is 9.67. The third kappa shape index (κ3) is 4.00. The molecule has 2 aliphatic rings. The maximum absolute atomic E-state index is 13.5. The number of carbonyl (C=O) groups excluding carboxylic acids is 2. The minimum atomic E-state index is -0.481. The summed E-state index contributed by atoms with van der Waals surface area (Å²) < 4.78 is 18.8. The molecular formula is C20H27FN2O3. The van der Waals surface area contributed by atoms with Gasteiger partial charge in [-0.1, -0.05) is 26.0 Å². The van der Waals surface area contributed by atoms with Crippen molar-refractivity contribution in [2.75, 3.05) is 6.61 Å². The molecule has 1 saturated carbocycles. The lowest BCUT2D eigenvalue weighted by Crippen LogP contribution is -2.58. The number of ether oxygens (including phenoxy) is 1. The molecule has 5 nitrogen and oxygen atoms in total. The molecule has 0 aromatic heterocycles. The van der Waals surface area contributed by atoms with Crippen LogP contribution in [0.2, 0.25) is 0 Å². The second-order valence-corrected chi connectivity index (χ2v) is 7.45. The van der Waals surface area contributed by atoms with E-state index in [0.29, 0.717) is 11.8 Å². The van der Waals surface area contributed by atoms with Crippen LogP contribution >= 0.6 is 0 Å². The van der Waals surface area contributed by atoms with Crippen molar-refractivity contribution in [1.82, 2.24) is 10.6 Å². The highest BCUT2D eigenvalue weighted by molar-refractivity contribution is 5.80. The summed E-state index contributed by atoms with van der Waals surface area (Å²) in [6.07, 6.45) is 3.48. The Morgan fingerprint density at radius 3 is 2.85 bits per heavy atom. The van der Waals surface area contributed by atoms with Crippen LogP contribution in [0.5, 0.6) is 5.75 Å². The fourth-order valence-electron chi connectivity index (χ4n) is 4.48. The third-order valence-corrected chi connectivity index (χ3v) is 5.88. The lowest BCUT2D eigenvalue weighted by molar-refractivity contribution is -0.133. The Kier molecular flexibility index (Phi) is 5.79. The summed E-state index contributed by atoms with van der Waals surface area (Å²) in [7, 11) is 0. The number of para-hydroxylation sites is 1. The molecule has 1 saturated heterocycles. The molecule has 0 bridgehead atoms. The molecule has 2 N–H and O–H groups in total. The van der Waals surface area contributed by atoms with Crippen LogP contribution in [0.15, 0.2) is 24.3 Å². The Morgan fingerprint density at radius 1 is 1.35 bits per heavy atom. The summed E-state index contributed by atoms with van der Waals surface area (Å²) in [4.78, 5) is 24.4. The minimum Gasteiger partial charge on any atom is -0.481 e. The van der Waals surface area contributed by atoms with Gasteiger partial charge in [0, 0.05) is 18.0 Å². The zero-order valence-corrected chi connectivity index (χ0v) is 15.3. The van der Waals surface area contributed by atoms with E-state index in [1.54, 1.807) is 12.1 Å². The quantitative estimate of drug-likeness (QED) is 0.846. The summed E-state index contributed by atoms with van der Waals surface area (Å²) in [5.41, 5.74) is 0. The summed E-state index contributed by atoms with van der Waals surface area (Å²) in [6, 6.07) is 6.16. The molecule has 1 aliphatic heterocycles. The van der Waals surface area contributed by atoms with Gasteiger partial charge >= 0.3 is 0 Å². The van der Waals surface area contributed by atoms with Crippen LogP contribution in [-0.4, -0.2) is 30.5 Å². The second kappa shape index (κ2) is 8.06. The van der Waals surface area contributed by atoms with Crippen LogP contribution in [0.3, 0.4) is 0 Å². The monoisotopic (exact) mass is 362 g/mol. The highest BCUT2D eigenvalue weighted by Crippen LogP contribution is 2.38. The van der Waals surface area contributed by atoms with Crippen molar-refractivity contribution >= 4 is 11.8 Å². The van der Waals surface area contributed by atoms with Gasteiger partial charge in [-0.15, -0.1) is 0 Å². The number of fused-ring (bicyclic) bond motifs is 1. The Morgan fingerprint density at radius 2 is 2.12 bits per heavy atom. The van der Waals surface area contributed by atoms with Gasteiger partial charge < -0.3 is 15.4 Å². The Bertz CT molecular complexity index is 666. The fourth-order valence-corrected chi connectivity index (χ4v) is 4.48. The first-order chi connectivity index (χ1) is 12.5. The minimum absolute atomic E-state index is 0.0126. The van der Waals surface area contributed by atoms with E-state index in [0.717, 1.165) is 25.7 Å². The molecule has 1 aromatic carbocycles. The van der Waals surface area contributed by atoms with Crippen molar-refractivity contribution in [1.29, 1.82) is 0 Å². The first kappa shape index (κ1) is 18.7. The van der Waals surface area contributed by atoms with Gasteiger partial charge in [-0.05, 0) is 49.7 Å². The molecule has 1 aliphatic carbocycles. The first-order valence-electron chi connectivity index (χ1n) is 9.46. The van der Waals surface area contributed by atoms with Gasteiger partial charge in [-0.2, -0.15) is 0 Å². The Hall–Kier alpha value is -2.11. The average Bonchev–Trinajstić information content (AvgIpc) is 2.61. The van der Waals surface area contributed by atoms with Gasteiger partial charge in [0.25, 0.3) is 5.91 Å². The third-order valence-electron chi connectivity index (χ3n) is 5.88. The standard InChI is InChI=1S/C20H27FN2O3/c1-3-14-12(2)15-9-8-13(10-17(15)23-20(14)25)22-19(24)11-26-18-7-5-4-6-16(18)21/h4-7,12-15,17H,3,8-11H2,1-2H3,(H,22,24)(H,23,25). The molecule has 1 aromatic rings. The smallest absolute Gasteiger partial charge is 0.258 e. The molecule has 2 amide bonds. The van der Waals surface area contributed by atoms with E-state index >= 15 is 0 Å². The van der Waals surface area contributed by atoms with Crippen molar-refractivity contribution in [3.63, 3.8) is 0 Å². The predicted molar refractivity (Wildman–Crippen MR) is 96.0 cm³/mol. The average molecular weight is 362 g/mol. The van der Waals surface area contributed by atoms with Crippen molar-refractivity contribution < 1.29 is 18.7 Å². The highest BCUT2D eigenvalue weighted by atomic mass is 19.1. The van der Waals surface area contributed by atoms with Crippen LogP contribution in [0.25, 0.3) is 0 Å². The van der Waals surface area contributed by atoms with Crippen LogP contribution in [0, 0.1) is 23.6 Å². The van der Waals surface area contributed by atoms with Gasteiger partial charge in [0.1, 0.15) is 0 Å². The van der Waals surface area contributed by atoms with E-state index in [9.17, 15) is 14.0 Å². The van der Waals surface area contributed by atoms with Gasteiger partial charge in [0.2, 0.25) is 5.91 Å². The van der Waals surface area contributed by atoms with E-state index in [-0.39, 0.29) is 42.2 Å². The number of halogens is 1. The molecule has 5 unspecified atom stereocenters. The van der Waals surface area contributed by atoms with Gasteiger partial charge in [-0.3, -0.25) is 9.59 Å². The summed E-state index contributed by atoms with van der Waals surface area (Å²) in [5, 5.41) is 6.11. The number of piperidine rings is 1. The summed E-state index contributed by atoms with van der Waals surface area (Å²) in [5.74, 6) is 0.404. The molecule has 6 heteroatoms. The van der Waals surface area contributed by atoms with E-state index in [4.69, 9.17) is 4.74 Å². The molecule has 0 spiro atoms. The zero-order chi connectivity index (χ0) is 18.7. The van der Waals surface area contributed by atoms with Crippen molar-refractivity contribution in [2.45, 2.75) is 51.6 Å². The number of amides is 2. The van der Waals surface area contributed by atoms with Crippen LogP contribution in [-0.2, 0) is 9.59 Å². The van der Waals surface area contributed by atoms with Gasteiger partial charge in [0.15, 0.2) is 18.2 Å². The molecule has 0 radical (unpaired) electrons. The molecule has 3 rings (SSSR count). The van der Waals surface area contributed by atoms with E-state index < -0.39 is 5.82 Å². The van der Waals surface area contributed by atoms with Crippen molar-refractivity contribution in [3.8, 4) is 5.75 Å². The molecule has 142 valence electrons. The van der Waals surface area contributed by atoms with Crippen LogP contribution in [0.1, 0.15) is 39.5 Å². The molecular weight excluding hydrogens is 335 g/mol. The summed E-state index contributed by atoms with van der Waals surface area (Å²) >= 11 is 0. The van der Waals surface area contributed by atoms with Crippen molar-refractivity contribution in [3.05, 3.63) is 30.1 Å². The molecule has 26 heavy (non-hydrogen) atoms. The SMILES string of the molecule is CCC1C(=O)NC2CC(NC(=O)COc3ccccc3F)CCC2C1C.